The maximum Gasteiger partial charge on any atom is 0.322 e. The second-order valence-corrected chi connectivity index (χ2v) is 4.38. The number of carbonyl (C=O) groups is 1. The van der Waals surface area contributed by atoms with Gasteiger partial charge < -0.3 is 9.15 Å². The van der Waals surface area contributed by atoms with Gasteiger partial charge in [0.05, 0.1) is 5.56 Å². The smallest absolute Gasteiger partial charge is 0.322 e. The zero-order valence-corrected chi connectivity index (χ0v) is 11.7. The first-order valence-electron chi connectivity index (χ1n) is 6.51. The van der Waals surface area contributed by atoms with Crippen LogP contribution >= 0.6 is 0 Å². The molecule has 0 aliphatic heterocycles. The van der Waals surface area contributed by atoms with Crippen molar-refractivity contribution in [2.45, 2.75) is 6.92 Å². The number of nitrogens with one attached hydrogen (secondary N) is 1. The first kappa shape index (κ1) is 13.7. The van der Waals surface area contributed by atoms with Crippen molar-refractivity contribution in [1.82, 2.24) is 15.2 Å². The van der Waals surface area contributed by atoms with Crippen molar-refractivity contribution >= 4 is 11.9 Å². The molecule has 0 radical (unpaired) electrons. The molecule has 0 bridgehead atoms. The molecule has 3 rings (SSSR count). The molecule has 2 heterocycles. The summed E-state index contributed by atoms with van der Waals surface area (Å²) in [5.74, 6) is 1.06. The molecule has 0 aliphatic rings. The van der Waals surface area contributed by atoms with Gasteiger partial charge in [0.2, 0.25) is 11.8 Å². The predicted molar refractivity (Wildman–Crippen MR) is 77.7 cm³/mol. The van der Waals surface area contributed by atoms with E-state index in [4.69, 9.17) is 9.15 Å². The lowest BCUT2D eigenvalue weighted by atomic mass is 10.2. The molecule has 7 heteroatoms. The Balaban J connectivity index is 1.67. The number of amides is 1. The normalized spacial score (nSPS) is 10.2. The Morgan fingerprint density at radius 3 is 2.59 bits per heavy atom. The molecular weight excluding hydrogens is 284 g/mol. The van der Waals surface area contributed by atoms with Crippen LogP contribution in [-0.4, -0.2) is 21.1 Å². The van der Waals surface area contributed by atoms with Gasteiger partial charge in [-0.3, -0.25) is 10.1 Å². The monoisotopic (exact) mass is 296 g/mol. The number of hydrogen-bond acceptors (Lipinski definition) is 6. The highest BCUT2D eigenvalue weighted by molar-refractivity contribution is 6.02. The summed E-state index contributed by atoms with van der Waals surface area (Å²) >= 11 is 0. The Hall–Kier alpha value is -3.22. The van der Waals surface area contributed by atoms with Gasteiger partial charge in [-0.25, -0.2) is 4.98 Å². The maximum atomic E-state index is 12.0. The number of nitrogens with zero attached hydrogens (tertiary/aromatic N) is 3. The molecule has 0 unspecified atom stereocenters. The van der Waals surface area contributed by atoms with Crippen molar-refractivity contribution in [3.63, 3.8) is 0 Å². The standard InChI is InChI=1S/C15H12N4O3/c1-10-18-19-15(21-10)17-14(20)11-7-8-13(16-9-11)22-12-5-3-2-4-6-12/h2-9H,1H3,(H,17,19,20). The van der Waals surface area contributed by atoms with Crippen molar-refractivity contribution in [3.8, 4) is 11.6 Å². The average Bonchev–Trinajstić information content (AvgIpc) is 2.94. The number of benzene rings is 1. The SMILES string of the molecule is Cc1nnc(NC(=O)c2ccc(Oc3ccccc3)nc2)o1. The number of aromatic nitrogens is 3. The molecular formula is C15H12N4O3. The van der Waals surface area contributed by atoms with Gasteiger partial charge in [-0.05, 0) is 18.2 Å². The lowest BCUT2D eigenvalue weighted by Crippen LogP contribution is -2.12. The van der Waals surface area contributed by atoms with Gasteiger partial charge in [0, 0.05) is 19.2 Å². The van der Waals surface area contributed by atoms with Crippen LogP contribution in [0.4, 0.5) is 6.01 Å². The molecule has 0 fully saturated rings. The van der Waals surface area contributed by atoms with Gasteiger partial charge in [0.1, 0.15) is 5.75 Å². The number of anilines is 1. The Morgan fingerprint density at radius 1 is 1.14 bits per heavy atom. The maximum absolute atomic E-state index is 12.0. The highest BCUT2D eigenvalue weighted by atomic mass is 16.5. The summed E-state index contributed by atoms with van der Waals surface area (Å²) in [5.41, 5.74) is 0.358. The van der Waals surface area contributed by atoms with Crippen molar-refractivity contribution in [2.75, 3.05) is 5.32 Å². The minimum Gasteiger partial charge on any atom is -0.439 e. The predicted octanol–water partition coefficient (Wildman–Crippen LogP) is 2.82. The summed E-state index contributed by atoms with van der Waals surface area (Å²) in [7, 11) is 0. The molecule has 0 spiro atoms. The van der Waals surface area contributed by atoms with Crippen LogP contribution in [0.2, 0.25) is 0 Å². The highest BCUT2D eigenvalue weighted by Crippen LogP contribution is 2.18. The lowest BCUT2D eigenvalue weighted by molar-refractivity contribution is 0.102. The summed E-state index contributed by atoms with van der Waals surface area (Å²) in [6.07, 6.45) is 1.41. The topological polar surface area (TPSA) is 90.1 Å². The fourth-order valence-corrected chi connectivity index (χ4v) is 1.70. The Kier molecular flexibility index (Phi) is 3.78. The van der Waals surface area contributed by atoms with Gasteiger partial charge in [-0.1, -0.05) is 23.3 Å². The molecule has 0 aliphatic carbocycles. The molecule has 22 heavy (non-hydrogen) atoms. The van der Waals surface area contributed by atoms with Crippen LogP contribution in [0.5, 0.6) is 11.6 Å². The number of pyridine rings is 1. The van der Waals surface area contributed by atoms with E-state index in [0.29, 0.717) is 23.1 Å². The molecule has 110 valence electrons. The van der Waals surface area contributed by atoms with Gasteiger partial charge in [-0.2, -0.15) is 0 Å². The quantitative estimate of drug-likeness (QED) is 0.796. The van der Waals surface area contributed by atoms with Crippen LogP contribution in [0, 0.1) is 6.92 Å². The first-order valence-corrected chi connectivity index (χ1v) is 6.51. The van der Waals surface area contributed by atoms with Crippen molar-refractivity contribution in [1.29, 1.82) is 0 Å². The second kappa shape index (κ2) is 6.04. The second-order valence-electron chi connectivity index (χ2n) is 4.38. The molecule has 1 amide bonds. The number of hydrogen-bond donors (Lipinski definition) is 1. The van der Waals surface area contributed by atoms with E-state index in [1.54, 1.807) is 19.1 Å². The molecule has 0 saturated heterocycles. The van der Waals surface area contributed by atoms with E-state index >= 15 is 0 Å². The Labute approximate surface area is 126 Å². The molecule has 7 nitrogen and oxygen atoms in total. The van der Waals surface area contributed by atoms with Crippen molar-refractivity contribution < 1.29 is 13.9 Å². The lowest BCUT2D eigenvalue weighted by Gasteiger charge is -2.05. The number of rotatable bonds is 4. The van der Waals surface area contributed by atoms with Crippen LogP contribution in [0.25, 0.3) is 0 Å². The van der Waals surface area contributed by atoms with E-state index in [0.717, 1.165) is 0 Å². The van der Waals surface area contributed by atoms with E-state index in [1.807, 2.05) is 30.3 Å². The molecule has 1 aromatic carbocycles. The first-order chi connectivity index (χ1) is 10.7. The third-order valence-electron chi connectivity index (χ3n) is 2.71. The fraction of sp³-hybridized carbons (Fsp3) is 0.0667. The van der Waals surface area contributed by atoms with E-state index in [2.05, 4.69) is 20.5 Å². The van der Waals surface area contributed by atoms with E-state index in [9.17, 15) is 4.79 Å². The molecule has 3 aromatic rings. The van der Waals surface area contributed by atoms with Crippen molar-refractivity contribution in [3.05, 3.63) is 60.1 Å². The third kappa shape index (κ3) is 3.26. The number of para-hydroxylation sites is 1. The largest absolute Gasteiger partial charge is 0.439 e. The van der Waals surface area contributed by atoms with Gasteiger partial charge in [0.15, 0.2) is 0 Å². The Morgan fingerprint density at radius 2 is 1.95 bits per heavy atom. The summed E-state index contributed by atoms with van der Waals surface area (Å²) in [5, 5.41) is 9.81. The van der Waals surface area contributed by atoms with E-state index < -0.39 is 0 Å². The fourth-order valence-electron chi connectivity index (χ4n) is 1.70. The molecule has 0 atom stereocenters. The average molecular weight is 296 g/mol. The van der Waals surface area contributed by atoms with E-state index in [1.165, 1.54) is 6.20 Å². The summed E-state index contributed by atoms with van der Waals surface area (Å²) < 4.78 is 10.6. The van der Waals surface area contributed by atoms with Crippen LogP contribution < -0.4 is 10.1 Å². The zero-order chi connectivity index (χ0) is 15.4. The van der Waals surface area contributed by atoms with Crippen LogP contribution in [0.3, 0.4) is 0 Å². The van der Waals surface area contributed by atoms with Gasteiger partial charge >= 0.3 is 6.01 Å². The van der Waals surface area contributed by atoms with E-state index in [-0.39, 0.29) is 11.9 Å². The summed E-state index contributed by atoms with van der Waals surface area (Å²) in [6.45, 7) is 1.64. The number of aryl methyl sites for hydroxylation is 1. The van der Waals surface area contributed by atoms with Gasteiger partial charge in [-0.15, -0.1) is 5.10 Å². The van der Waals surface area contributed by atoms with Gasteiger partial charge in [0.25, 0.3) is 5.91 Å². The number of ether oxygens (including phenoxy) is 1. The zero-order valence-electron chi connectivity index (χ0n) is 11.7. The molecule has 1 N–H and O–H groups in total. The minimum absolute atomic E-state index is 0.0483. The highest BCUT2D eigenvalue weighted by Gasteiger charge is 2.11. The van der Waals surface area contributed by atoms with Crippen LogP contribution in [0.15, 0.2) is 53.1 Å². The summed E-state index contributed by atoms with van der Waals surface area (Å²) in [6, 6.07) is 12.5. The molecule has 2 aromatic heterocycles. The van der Waals surface area contributed by atoms with Crippen LogP contribution in [0.1, 0.15) is 16.2 Å². The Bertz CT molecular complexity index is 769. The van der Waals surface area contributed by atoms with Crippen molar-refractivity contribution in [2.24, 2.45) is 0 Å². The number of carbonyl (C=O) groups excluding carboxylic acids is 1. The van der Waals surface area contributed by atoms with Crippen LogP contribution in [-0.2, 0) is 0 Å². The molecule has 0 saturated carbocycles. The summed E-state index contributed by atoms with van der Waals surface area (Å²) in [4.78, 5) is 16.1. The minimum atomic E-state index is -0.387. The third-order valence-corrected chi connectivity index (χ3v) is 2.71.